The van der Waals surface area contributed by atoms with Gasteiger partial charge >= 0.3 is 0 Å². The lowest BCUT2D eigenvalue weighted by atomic mass is 10.1. The molecule has 2 rings (SSSR count). The summed E-state index contributed by atoms with van der Waals surface area (Å²) in [5, 5.41) is 9.59. The van der Waals surface area contributed by atoms with Crippen molar-refractivity contribution in [1.82, 2.24) is 15.2 Å². The number of aromatic nitrogens is 2. The van der Waals surface area contributed by atoms with Gasteiger partial charge in [0.2, 0.25) is 11.5 Å². The highest BCUT2D eigenvalue weighted by Crippen LogP contribution is 2.23. The molecule has 0 fully saturated rings. The van der Waals surface area contributed by atoms with Gasteiger partial charge in [-0.25, -0.2) is 4.63 Å². The van der Waals surface area contributed by atoms with E-state index in [0.717, 1.165) is 0 Å². The maximum Gasteiger partial charge on any atom is 0.281 e. The Kier molecular flexibility index (Phi) is 4.08. The van der Waals surface area contributed by atoms with Crippen molar-refractivity contribution in [3.8, 4) is 0 Å². The molecule has 1 aromatic heterocycles. The maximum absolute atomic E-state index is 12.1. The molecule has 0 spiro atoms. The highest BCUT2D eigenvalue weighted by atomic mass is 35.5. The van der Waals surface area contributed by atoms with Crippen molar-refractivity contribution in [3.63, 3.8) is 0 Å². The second-order valence-corrected chi connectivity index (χ2v) is 4.78. The van der Waals surface area contributed by atoms with Crippen LogP contribution in [0.1, 0.15) is 20.8 Å². The van der Waals surface area contributed by atoms with Crippen LogP contribution in [-0.4, -0.2) is 41.1 Å². The highest BCUT2D eigenvalue weighted by Gasteiger charge is 2.20. The molecule has 0 unspecified atom stereocenters. The molecule has 0 aliphatic carbocycles. The van der Waals surface area contributed by atoms with Crippen molar-refractivity contribution in [3.05, 3.63) is 34.5 Å². The molecule has 0 saturated carbocycles. The van der Waals surface area contributed by atoms with Gasteiger partial charge in [0.1, 0.15) is 0 Å². The second kappa shape index (κ2) is 5.80. The number of nitrogens with zero attached hydrogens (tertiary/aromatic N) is 3. The fraction of sp³-hybridized carbons (Fsp3) is 0.167. The third-order valence-electron chi connectivity index (χ3n) is 2.60. The summed E-state index contributed by atoms with van der Waals surface area (Å²) < 4.78 is 4.36. The Morgan fingerprint density at radius 1 is 1.33 bits per heavy atom. The molecular formula is C12H12ClN5O3. The summed E-state index contributed by atoms with van der Waals surface area (Å²) in [5.74, 6) is -1.08. The van der Waals surface area contributed by atoms with Crippen LogP contribution in [0.4, 0.5) is 11.5 Å². The molecule has 9 heteroatoms. The number of nitrogens with one attached hydrogen (secondary N) is 1. The zero-order valence-corrected chi connectivity index (χ0v) is 12.0. The van der Waals surface area contributed by atoms with Gasteiger partial charge in [-0.2, -0.15) is 0 Å². The molecule has 3 N–H and O–H groups in total. The van der Waals surface area contributed by atoms with Gasteiger partial charge in [0.15, 0.2) is 0 Å². The Balaban J connectivity index is 2.35. The van der Waals surface area contributed by atoms with Gasteiger partial charge in [0, 0.05) is 19.1 Å². The Labute approximate surface area is 124 Å². The standard InChI is InChI=1S/C12H12ClN5O3/c1-18(2)12(20)7-4-3-6(13)5-8(7)15-11(19)9-10(14)17-21-16-9/h3-5H,1-2H3,(H2,14,17)(H,15,19). The Hall–Kier alpha value is -2.61. The normalized spacial score (nSPS) is 10.2. The van der Waals surface area contributed by atoms with E-state index in [1.54, 1.807) is 20.2 Å². The predicted molar refractivity (Wildman–Crippen MR) is 76.1 cm³/mol. The van der Waals surface area contributed by atoms with E-state index in [1.807, 2.05) is 0 Å². The molecule has 0 saturated heterocycles. The zero-order valence-electron chi connectivity index (χ0n) is 11.3. The van der Waals surface area contributed by atoms with Crippen LogP contribution in [0.3, 0.4) is 0 Å². The summed E-state index contributed by atoms with van der Waals surface area (Å²) >= 11 is 5.89. The van der Waals surface area contributed by atoms with E-state index in [0.29, 0.717) is 5.02 Å². The molecule has 2 aromatic rings. The van der Waals surface area contributed by atoms with E-state index in [4.69, 9.17) is 17.3 Å². The summed E-state index contributed by atoms with van der Waals surface area (Å²) in [5.41, 5.74) is 5.80. The van der Waals surface area contributed by atoms with E-state index < -0.39 is 5.91 Å². The molecule has 1 heterocycles. The van der Waals surface area contributed by atoms with Gasteiger partial charge in [-0.3, -0.25) is 9.59 Å². The average molecular weight is 310 g/mol. The van der Waals surface area contributed by atoms with Crippen LogP contribution in [0.2, 0.25) is 5.02 Å². The van der Waals surface area contributed by atoms with Crippen LogP contribution in [0.5, 0.6) is 0 Å². The summed E-state index contributed by atoms with van der Waals surface area (Å²) in [6, 6.07) is 4.53. The zero-order chi connectivity index (χ0) is 15.6. The lowest BCUT2D eigenvalue weighted by molar-refractivity contribution is 0.0828. The molecule has 0 aliphatic rings. The minimum atomic E-state index is -0.649. The van der Waals surface area contributed by atoms with Crippen molar-refractivity contribution in [2.75, 3.05) is 25.1 Å². The first-order chi connectivity index (χ1) is 9.90. The van der Waals surface area contributed by atoms with Crippen molar-refractivity contribution >= 4 is 34.9 Å². The summed E-state index contributed by atoms with van der Waals surface area (Å²) in [7, 11) is 3.20. The fourth-order valence-corrected chi connectivity index (χ4v) is 1.75. The first-order valence-electron chi connectivity index (χ1n) is 5.80. The van der Waals surface area contributed by atoms with Crippen molar-refractivity contribution in [2.45, 2.75) is 0 Å². The van der Waals surface area contributed by atoms with E-state index in [1.165, 1.54) is 17.0 Å². The quantitative estimate of drug-likeness (QED) is 0.882. The minimum Gasteiger partial charge on any atom is -0.379 e. The van der Waals surface area contributed by atoms with Crippen molar-refractivity contribution in [2.24, 2.45) is 0 Å². The van der Waals surface area contributed by atoms with Crippen molar-refractivity contribution < 1.29 is 14.2 Å². The monoisotopic (exact) mass is 309 g/mol. The van der Waals surface area contributed by atoms with Crippen LogP contribution in [-0.2, 0) is 0 Å². The van der Waals surface area contributed by atoms with E-state index in [9.17, 15) is 9.59 Å². The number of benzene rings is 1. The first kappa shape index (κ1) is 14.8. The number of carbonyl (C=O) groups is 2. The average Bonchev–Trinajstić information content (AvgIpc) is 2.84. The third kappa shape index (κ3) is 3.11. The topological polar surface area (TPSA) is 114 Å². The molecule has 2 amide bonds. The van der Waals surface area contributed by atoms with E-state index in [-0.39, 0.29) is 28.7 Å². The van der Waals surface area contributed by atoms with Crippen LogP contribution in [0.15, 0.2) is 22.8 Å². The van der Waals surface area contributed by atoms with E-state index in [2.05, 4.69) is 20.3 Å². The molecule has 21 heavy (non-hydrogen) atoms. The number of amides is 2. The molecule has 0 aliphatic heterocycles. The molecule has 0 radical (unpaired) electrons. The molecule has 110 valence electrons. The molecule has 0 atom stereocenters. The molecule has 8 nitrogen and oxygen atoms in total. The summed E-state index contributed by atoms with van der Waals surface area (Å²) in [6.45, 7) is 0. The highest BCUT2D eigenvalue weighted by molar-refractivity contribution is 6.31. The minimum absolute atomic E-state index is 0.144. The number of carbonyl (C=O) groups excluding carboxylic acids is 2. The summed E-state index contributed by atoms with van der Waals surface area (Å²) in [6.07, 6.45) is 0. The second-order valence-electron chi connectivity index (χ2n) is 4.34. The fourth-order valence-electron chi connectivity index (χ4n) is 1.58. The Morgan fingerprint density at radius 2 is 2.05 bits per heavy atom. The number of nitrogen functional groups attached to an aromatic ring is 1. The first-order valence-corrected chi connectivity index (χ1v) is 6.18. The third-order valence-corrected chi connectivity index (χ3v) is 2.83. The van der Waals surface area contributed by atoms with Gasteiger partial charge in [0.05, 0.1) is 11.3 Å². The van der Waals surface area contributed by atoms with Crippen molar-refractivity contribution in [1.29, 1.82) is 0 Å². The largest absolute Gasteiger partial charge is 0.379 e. The smallest absolute Gasteiger partial charge is 0.281 e. The number of anilines is 2. The molecular weight excluding hydrogens is 298 g/mol. The SMILES string of the molecule is CN(C)C(=O)c1ccc(Cl)cc1NC(=O)c1nonc1N. The van der Waals surface area contributed by atoms with E-state index >= 15 is 0 Å². The Bertz CT molecular complexity index is 698. The van der Waals surface area contributed by atoms with Crippen LogP contribution >= 0.6 is 11.6 Å². The molecule has 0 bridgehead atoms. The lowest BCUT2D eigenvalue weighted by Gasteiger charge is -2.14. The van der Waals surface area contributed by atoms with Crippen LogP contribution in [0.25, 0.3) is 0 Å². The summed E-state index contributed by atoms with van der Waals surface area (Å²) in [4.78, 5) is 25.5. The number of rotatable bonds is 3. The van der Waals surface area contributed by atoms with Gasteiger partial charge in [-0.1, -0.05) is 11.6 Å². The van der Waals surface area contributed by atoms with Crippen LogP contribution < -0.4 is 11.1 Å². The number of nitrogens with two attached hydrogens (primary N) is 1. The molecule has 1 aromatic carbocycles. The van der Waals surface area contributed by atoms with Gasteiger partial charge in [0.25, 0.3) is 11.8 Å². The number of hydrogen-bond acceptors (Lipinski definition) is 6. The van der Waals surface area contributed by atoms with Gasteiger partial charge < -0.3 is 16.0 Å². The number of hydrogen-bond donors (Lipinski definition) is 2. The Morgan fingerprint density at radius 3 is 2.62 bits per heavy atom. The maximum atomic E-state index is 12.1. The van der Waals surface area contributed by atoms with Gasteiger partial charge in [-0.15, -0.1) is 0 Å². The predicted octanol–water partition coefficient (Wildman–Crippen LogP) is 1.26. The van der Waals surface area contributed by atoms with Crippen LogP contribution in [0, 0.1) is 0 Å². The van der Waals surface area contributed by atoms with Gasteiger partial charge in [-0.05, 0) is 28.5 Å². The number of halogens is 1. The lowest BCUT2D eigenvalue weighted by Crippen LogP contribution is -2.24.